The van der Waals surface area contributed by atoms with Crippen molar-refractivity contribution in [3.63, 3.8) is 0 Å². The Morgan fingerprint density at radius 2 is 2.36 bits per heavy atom. The SMILES string of the molecule is CCCC/C=C/C(C)(O)c1ccoc1. The van der Waals surface area contributed by atoms with Gasteiger partial charge in [-0.25, -0.2) is 0 Å². The first-order chi connectivity index (χ1) is 6.67. The predicted octanol–water partition coefficient (Wildman–Crippen LogP) is 3.23. The Morgan fingerprint density at radius 1 is 1.57 bits per heavy atom. The van der Waals surface area contributed by atoms with E-state index in [1.807, 2.05) is 12.2 Å². The Kier molecular flexibility index (Phi) is 3.96. The Hall–Kier alpha value is -1.02. The quantitative estimate of drug-likeness (QED) is 0.576. The monoisotopic (exact) mass is 194 g/mol. The van der Waals surface area contributed by atoms with Crippen LogP contribution in [0, 0.1) is 0 Å². The summed E-state index contributed by atoms with van der Waals surface area (Å²) in [5.74, 6) is 0. The van der Waals surface area contributed by atoms with Gasteiger partial charge >= 0.3 is 0 Å². The maximum atomic E-state index is 10.0. The second-order valence-corrected chi connectivity index (χ2v) is 3.70. The van der Waals surface area contributed by atoms with E-state index >= 15 is 0 Å². The van der Waals surface area contributed by atoms with E-state index in [2.05, 4.69) is 6.92 Å². The van der Waals surface area contributed by atoms with Gasteiger partial charge in [-0.1, -0.05) is 31.9 Å². The molecule has 1 rings (SSSR count). The molecule has 1 aromatic rings. The number of hydrogen-bond acceptors (Lipinski definition) is 2. The molecule has 0 saturated carbocycles. The molecule has 0 amide bonds. The van der Waals surface area contributed by atoms with Crippen molar-refractivity contribution in [1.29, 1.82) is 0 Å². The lowest BCUT2D eigenvalue weighted by atomic mass is 9.98. The molecule has 0 aliphatic carbocycles. The topological polar surface area (TPSA) is 33.4 Å². The largest absolute Gasteiger partial charge is 0.472 e. The van der Waals surface area contributed by atoms with Gasteiger partial charge in [-0.2, -0.15) is 0 Å². The van der Waals surface area contributed by atoms with E-state index in [4.69, 9.17) is 4.42 Å². The van der Waals surface area contributed by atoms with E-state index in [1.54, 1.807) is 25.5 Å². The third kappa shape index (κ3) is 3.04. The summed E-state index contributed by atoms with van der Waals surface area (Å²) in [6.07, 6.45) is 10.4. The van der Waals surface area contributed by atoms with Gasteiger partial charge in [0, 0.05) is 5.56 Å². The van der Waals surface area contributed by atoms with Crippen LogP contribution in [0.1, 0.15) is 38.7 Å². The van der Waals surface area contributed by atoms with Crippen LogP contribution in [0.25, 0.3) is 0 Å². The molecule has 1 aromatic heterocycles. The normalized spacial score (nSPS) is 15.9. The Labute approximate surface area is 85.2 Å². The molecule has 0 fully saturated rings. The van der Waals surface area contributed by atoms with Crippen LogP contribution in [0.3, 0.4) is 0 Å². The van der Waals surface area contributed by atoms with E-state index in [1.165, 1.54) is 6.42 Å². The Balaban J connectivity index is 2.54. The van der Waals surface area contributed by atoms with Crippen LogP contribution in [0.15, 0.2) is 35.2 Å². The second kappa shape index (κ2) is 5.01. The number of hydrogen-bond donors (Lipinski definition) is 1. The van der Waals surface area contributed by atoms with Gasteiger partial charge in [-0.3, -0.25) is 0 Å². The lowest BCUT2D eigenvalue weighted by Crippen LogP contribution is -2.16. The van der Waals surface area contributed by atoms with Crippen LogP contribution in [-0.4, -0.2) is 5.11 Å². The molecule has 0 spiro atoms. The van der Waals surface area contributed by atoms with Gasteiger partial charge in [0.1, 0.15) is 5.60 Å². The van der Waals surface area contributed by atoms with E-state index in [9.17, 15) is 5.11 Å². The average Bonchev–Trinajstić information content (AvgIpc) is 2.65. The molecule has 1 heterocycles. The molecular weight excluding hydrogens is 176 g/mol. The number of rotatable bonds is 5. The summed E-state index contributed by atoms with van der Waals surface area (Å²) in [7, 11) is 0. The highest BCUT2D eigenvalue weighted by Gasteiger charge is 2.19. The van der Waals surface area contributed by atoms with Crippen molar-refractivity contribution < 1.29 is 9.52 Å². The molecular formula is C12H18O2. The van der Waals surface area contributed by atoms with Gasteiger partial charge in [0.15, 0.2) is 0 Å². The summed E-state index contributed by atoms with van der Waals surface area (Å²) >= 11 is 0. The first kappa shape index (κ1) is 11.1. The van der Waals surface area contributed by atoms with Crippen LogP contribution >= 0.6 is 0 Å². The van der Waals surface area contributed by atoms with Gasteiger partial charge in [-0.05, 0) is 19.4 Å². The highest BCUT2D eigenvalue weighted by Crippen LogP contribution is 2.22. The van der Waals surface area contributed by atoms with Crippen molar-refractivity contribution in [3.05, 3.63) is 36.3 Å². The molecule has 0 aromatic carbocycles. The predicted molar refractivity (Wildman–Crippen MR) is 56.9 cm³/mol. The average molecular weight is 194 g/mol. The summed E-state index contributed by atoms with van der Waals surface area (Å²) in [5.41, 5.74) is -0.106. The number of unbranched alkanes of at least 4 members (excludes halogenated alkanes) is 2. The second-order valence-electron chi connectivity index (χ2n) is 3.70. The minimum Gasteiger partial charge on any atom is -0.472 e. The van der Waals surface area contributed by atoms with Crippen LogP contribution in [0.2, 0.25) is 0 Å². The van der Waals surface area contributed by atoms with Crippen LogP contribution in [0.4, 0.5) is 0 Å². The lowest BCUT2D eigenvalue weighted by molar-refractivity contribution is 0.110. The lowest BCUT2D eigenvalue weighted by Gasteiger charge is -2.16. The first-order valence-electron chi connectivity index (χ1n) is 5.09. The molecule has 78 valence electrons. The highest BCUT2D eigenvalue weighted by molar-refractivity contribution is 5.21. The third-order valence-corrected chi connectivity index (χ3v) is 2.27. The zero-order chi connectivity index (χ0) is 10.4. The highest BCUT2D eigenvalue weighted by atomic mass is 16.3. The van der Waals surface area contributed by atoms with Gasteiger partial charge in [0.2, 0.25) is 0 Å². The van der Waals surface area contributed by atoms with Crippen molar-refractivity contribution in [2.75, 3.05) is 0 Å². The molecule has 0 saturated heterocycles. The molecule has 2 heteroatoms. The Bertz CT molecular complexity index is 271. The van der Waals surface area contributed by atoms with Crippen LogP contribution in [0.5, 0.6) is 0 Å². The summed E-state index contributed by atoms with van der Waals surface area (Å²) in [6.45, 7) is 3.92. The molecule has 1 atom stereocenters. The van der Waals surface area contributed by atoms with E-state index in [0.29, 0.717) is 0 Å². The fourth-order valence-electron chi connectivity index (χ4n) is 1.28. The summed E-state index contributed by atoms with van der Waals surface area (Å²) < 4.78 is 4.93. The molecule has 1 N–H and O–H groups in total. The maximum absolute atomic E-state index is 10.0. The van der Waals surface area contributed by atoms with Crippen molar-refractivity contribution in [2.45, 2.75) is 38.7 Å². The molecule has 0 radical (unpaired) electrons. The van der Waals surface area contributed by atoms with Gasteiger partial charge in [0.25, 0.3) is 0 Å². The zero-order valence-corrected chi connectivity index (χ0v) is 8.86. The molecule has 0 bridgehead atoms. The summed E-state index contributed by atoms with van der Waals surface area (Å²) in [5, 5.41) is 10.0. The van der Waals surface area contributed by atoms with Crippen molar-refractivity contribution in [2.24, 2.45) is 0 Å². The minimum atomic E-state index is -0.902. The van der Waals surface area contributed by atoms with E-state index in [0.717, 1.165) is 18.4 Å². The summed E-state index contributed by atoms with van der Waals surface area (Å²) in [4.78, 5) is 0. The molecule has 0 aliphatic heterocycles. The standard InChI is InChI=1S/C12H18O2/c1-3-4-5-6-8-12(2,13)11-7-9-14-10-11/h6-10,13H,3-5H2,1-2H3/b8-6+. The number of allylic oxidation sites excluding steroid dienone is 1. The fourth-order valence-corrected chi connectivity index (χ4v) is 1.28. The Morgan fingerprint density at radius 3 is 2.93 bits per heavy atom. The minimum absolute atomic E-state index is 0.797. The van der Waals surface area contributed by atoms with Gasteiger partial charge < -0.3 is 9.52 Å². The van der Waals surface area contributed by atoms with Crippen molar-refractivity contribution in [3.8, 4) is 0 Å². The summed E-state index contributed by atoms with van der Waals surface area (Å²) in [6, 6.07) is 1.78. The van der Waals surface area contributed by atoms with Crippen molar-refractivity contribution in [1.82, 2.24) is 0 Å². The van der Waals surface area contributed by atoms with Crippen LogP contribution in [-0.2, 0) is 5.60 Å². The molecule has 14 heavy (non-hydrogen) atoms. The first-order valence-corrected chi connectivity index (χ1v) is 5.09. The zero-order valence-electron chi connectivity index (χ0n) is 8.86. The number of aliphatic hydroxyl groups is 1. The molecule has 0 aliphatic rings. The molecule has 1 unspecified atom stereocenters. The third-order valence-electron chi connectivity index (χ3n) is 2.27. The van der Waals surface area contributed by atoms with E-state index < -0.39 is 5.60 Å². The smallest absolute Gasteiger partial charge is 0.108 e. The molecule has 2 nitrogen and oxygen atoms in total. The van der Waals surface area contributed by atoms with Crippen LogP contribution < -0.4 is 0 Å². The van der Waals surface area contributed by atoms with E-state index in [-0.39, 0.29) is 0 Å². The number of furan rings is 1. The maximum Gasteiger partial charge on any atom is 0.108 e. The van der Waals surface area contributed by atoms with Crippen molar-refractivity contribution >= 4 is 0 Å². The fraction of sp³-hybridized carbons (Fsp3) is 0.500. The van der Waals surface area contributed by atoms with Gasteiger partial charge in [-0.15, -0.1) is 0 Å². The van der Waals surface area contributed by atoms with Gasteiger partial charge in [0.05, 0.1) is 12.5 Å².